The van der Waals surface area contributed by atoms with E-state index in [4.69, 9.17) is 9.47 Å². The molecule has 0 aromatic heterocycles. The lowest BCUT2D eigenvalue weighted by molar-refractivity contribution is -0.302. The molecular formula is C68H117NO8. The van der Waals surface area contributed by atoms with Crippen LogP contribution in [0.5, 0.6) is 0 Å². The summed E-state index contributed by atoms with van der Waals surface area (Å²) in [5, 5.41) is 54.6. The number of nitrogens with one attached hydrogen (secondary N) is 1. The molecular weight excluding hydrogens is 959 g/mol. The van der Waals surface area contributed by atoms with Crippen LogP contribution in [0, 0.1) is 0 Å². The number of ether oxygens (including phenoxy) is 2. The number of allylic oxidation sites excluding steroid dienone is 17. The van der Waals surface area contributed by atoms with Crippen molar-refractivity contribution in [3.63, 3.8) is 0 Å². The lowest BCUT2D eigenvalue weighted by Crippen LogP contribution is -2.60. The zero-order valence-electron chi connectivity index (χ0n) is 49.2. The lowest BCUT2D eigenvalue weighted by atomic mass is 9.99. The van der Waals surface area contributed by atoms with Crippen LogP contribution in [0.2, 0.25) is 0 Å². The van der Waals surface area contributed by atoms with Gasteiger partial charge in [0.2, 0.25) is 5.91 Å². The van der Waals surface area contributed by atoms with Gasteiger partial charge in [-0.3, -0.25) is 4.79 Å². The molecule has 0 spiro atoms. The number of carbonyl (C=O) groups is 1. The largest absolute Gasteiger partial charge is 0.394 e. The molecule has 77 heavy (non-hydrogen) atoms. The number of aliphatic hydroxyl groups is 5. The first kappa shape index (κ1) is 71.9. The molecule has 9 nitrogen and oxygen atoms in total. The van der Waals surface area contributed by atoms with Crippen LogP contribution >= 0.6 is 0 Å². The first-order chi connectivity index (χ1) is 37.8. The third kappa shape index (κ3) is 45.3. The standard InChI is InChI=1S/C68H117NO8/c1-3-5-7-9-11-13-15-17-19-21-23-25-26-27-28-29-30-31-32-33-34-35-36-38-40-42-44-46-48-50-52-54-56-58-64(72)69-61(60-76-68-67(75)66(74)65(73)63(59-70)77-68)62(71)57-55-53-51-49-47-45-43-41-39-37-24-22-20-18-16-14-12-10-8-6-4-2/h5,7,11,13,17,19,23,25,27-28,30-31,33-34,36,38,55,57,61-63,65-68,70-71,73-75H,3-4,6,8-10,12,14-16,18,20-22,24,26,29,32,35,37,39-54,56,58-60H2,1-2H3,(H,69,72)/b7-5-,13-11-,19-17-,25-23-,28-27-,31-30-,34-33-,38-36-,57-55+. The Labute approximate surface area is 472 Å². The summed E-state index contributed by atoms with van der Waals surface area (Å²) in [7, 11) is 0. The second kappa shape index (κ2) is 56.1. The Morgan fingerprint density at radius 3 is 1.19 bits per heavy atom. The van der Waals surface area contributed by atoms with E-state index in [1.165, 1.54) is 135 Å². The van der Waals surface area contributed by atoms with E-state index >= 15 is 0 Å². The molecule has 0 saturated carbocycles. The fourth-order valence-electron chi connectivity index (χ4n) is 9.41. The second-order valence-electron chi connectivity index (χ2n) is 21.5. The van der Waals surface area contributed by atoms with Gasteiger partial charge >= 0.3 is 0 Å². The molecule has 1 heterocycles. The normalized spacial score (nSPS) is 19.5. The van der Waals surface area contributed by atoms with Crippen LogP contribution in [-0.2, 0) is 14.3 Å². The molecule has 7 atom stereocenters. The maximum Gasteiger partial charge on any atom is 0.220 e. The number of carbonyl (C=O) groups excluding carboxylic acids is 1. The van der Waals surface area contributed by atoms with Gasteiger partial charge in [0, 0.05) is 6.42 Å². The molecule has 442 valence electrons. The summed E-state index contributed by atoms with van der Waals surface area (Å²) in [5.74, 6) is -0.188. The van der Waals surface area contributed by atoms with E-state index in [1.807, 2.05) is 6.08 Å². The maximum atomic E-state index is 13.1. The van der Waals surface area contributed by atoms with Crippen molar-refractivity contribution in [2.45, 2.75) is 301 Å². The first-order valence-electron chi connectivity index (χ1n) is 31.6. The van der Waals surface area contributed by atoms with E-state index < -0.39 is 49.5 Å². The number of hydrogen-bond donors (Lipinski definition) is 6. The summed E-state index contributed by atoms with van der Waals surface area (Å²) < 4.78 is 11.3. The molecule has 0 aromatic rings. The fourth-order valence-corrected chi connectivity index (χ4v) is 9.41. The summed E-state index contributed by atoms with van der Waals surface area (Å²) >= 11 is 0. The molecule has 0 aromatic carbocycles. The topological polar surface area (TPSA) is 149 Å². The van der Waals surface area contributed by atoms with Gasteiger partial charge in [0.1, 0.15) is 24.4 Å². The Kier molecular flexibility index (Phi) is 52.4. The molecule has 1 aliphatic rings. The second-order valence-corrected chi connectivity index (χ2v) is 21.5. The third-order valence-electron chi connectivity index (χ3n) is 14.4. The highest BCUT2D eigenvalue weighted by molar-refractivity contribution is 5.76. The van der Waals surface area contributed by atoms with Crippen molar-refractivity contribution >= 4 is 5.91 Å². The first-order valence-corrected chi connectivity index (χ1v) is 31.6. The van der Waals surface area contributed by atoms with Crippen LogP contribution in [0.25, 0.3) is 0 Å². The summed E-state index contributed by atoms with van der Waals surface area (Å²) in [6.07, 6.45) is 75.8. The smallest absolute Gasteiger partial charge is 0.220 e. The molecule has 1 aliphatic heterocycles. The van der Waals surface area contributed by atoms with Crippen LogP contribution in [0.1, 0.15) is 258 Å². The van der Waals surface area contributed by atoms with Crippen molar-refractivity contribution in [3.8, 4) is 0 Å². The quantitative estimate of drug-likeness (QED) is 0.0261. The number of hydrogen-bond acceptors (Lipinski definition) is 8. The molecule has 0 bridgehead atoms. The van der Waals surface area contributed by atoms with Gasteiger partial charge in [-0.15, -0.1) is 0 Å². The molecule has 1 rings (SSSR count). The molecule has 0 aliphatic carbocycles. The molecule has 0 radical (unpaired) electrons. The minimum Gasteiger partial charge on any atom is -0.394 e. The van der Waals surface area contributed by atoms with Gasteiger partial charge in [-0.1, -0.05) is 277 Å². The van der Waals surface area contributed by atoms with Gasteiger partial charge in [0.15, 0.2) is 6.29 Å². The van der Waals surface area contributed by atoms with Crippen molar-refractivity contribution in [1.29, 1.82) is 0 Å². The Morgan fingerprint density at radius 1 is 0.455 bits per heavy atom. The van der Waals surface area contributed by atoms with Gasteiger partial charge in [0.25, 0.3) is 0 Å². The lowest BCUT2D eigenvalue weighted by Gasteiger charge is -2.40. The molecule has 6 N–H and O–H groups in total. The number of rotatable bonds is 53. The SMILES string of the molecule is CC/C=C\C/C=C\C/C=C\C/C=C\C/C=C\C/C=C\C/C=C\C/C=C\CCCCCCCCCCC(=O)NC(COC1OC(CO)C(O)C(O)C1O)C(O)/C=C/CCCCCCCCCCCCCCCCCCCCC. The zero-order chi connectivity index (χ0) is 55.8. The van der Waals surface area contributed by atoms with Crippen LogP contribution in [0.3, 0.4) is 0 Å². The van der Waals surface area contributed by atoms with Gasteiger partial charge < -0.3 is 40.3 Å². The fraction of sp³-hybridized carbons (Fsp3) is 0.721. The Balaban J connectivity index is 2.21. The third-order valence-corrected chi connectivity index (χ3v) is 14.4. The Hall–Kier alpha value is -3.15. The van der Waals surface area contributed by atoms with Crippen molar-refractivity contribution in [2.75, 3.05) is 13.2 Å². The van der Waals surface area contributed by atoms with E-state index in [0.29, 0.717) is 6.42 Å². The molecule has 1 saturated heterocycles. The highest BCUT2D eigenvalue weighted by Crippen LogP contribution is 2.23. The van der Waals surface area contributed by atoms with Crippen molar-refractivity contribution in [3.05, 3.63) is 109 Å². The monoisotopic (exact) mass is 1080 g/mol. The highest BCUT2D eigenvalue weighted by atomic mass is 16.7. The number of amides is 1. The summed E-state index contributed by atoms with van der Waals surface area (Å²) in [6.45, 7) is 3.67. The van der Waals surface area contributed by atoms with E-state index in [2.05, 4.69) is 116 Å². The molecule has 7 unspecified atom stereocenters. The molecule has 9 heteroatoms. The number of unbranched alkanes of at least 4 members (excludes halogenated alkanes) is 27. The van der Waals surface area contributed by atoms with Crippen LogP contribution in [-0.4, -0.2) is 87.5 Å². The van der Waals surface area contributed by atoms with Crippen LogP contribution in [0.15, 0.2) is 109 Å². The average Bonchev–Trinajstić information content (AvgIpc) is 3.43. The van der Waals surface area contributed by atoms with Gasteiger partial charge in [0.05, 0.1) is 25.4 Å². The minimum atomic E-state index is -1.57. The number of aliphatic hydroxyl groups excluding tert-OH is 5. The molecule has 1 fully saturated rings. The highest BCUT2D eigenvalue weighted by Gasteiger charge is 2.44. The van der Waals surface area contributed by atoms with Gasteiger partial charge in [-0.25, -0.2) is 0 Å². The average molecular weight is 1080 g/mol. The van der Waals surface area contributed by atoms with Gasteiger partial charge in [-0.2, -0.15) is 0 Å². The zero-order valence-corrected chi connectivity index (χ0v) is 49.2. The van der Waals surface area contributed by atoms with Gasteiger partial charge in [-0.05, 0) is 83.5 Å². The Bertz CT molecular complexity index is 1580. The van der Waals surface area contributed by atoms with E-state index in [9.17, 15) is 30.3 Å². The predicted octanol–water partition coefficient (Wildman–Crippen LogP) is 16.5. The predicted molar refractivity (Wildman–Crippen MR) is 327 cm³/mol. The van der Waals surface area contributed by atoms with E-state index in [-0.39, 0.29) is 12.5 Å². The van der Waals surface area contributed by atoms with Crippen molar-refractivity contribution < 1.29 is 39.8 Å². The summed E-state index contributed by atoms with van der Waals surface area (Å²) in [6, 6.07) is -0.818. The maximum absolute atomic E-state index is 13.1. The van der Waals surface area contributed by atoms with Crippen LogP contribution < -0.4 is 5.32 Å². The summed E-state index contributed by atoms with van der Waals surface area (Å²) in [5.41, 5.74) is 0. The molecule has 1 amide bonds. The summed E-state index contributed by atoms with van der Waals surface area (Å²) in [4.78, 5) is 13.1. The van der Waals surface area contributed by atoms with Crippen LogP contribution in [0.4, 0.5) is 0 Å². The van der Waals surface area contributed by atoms with Crippen molar-refractivity contribution in [1.82, 2.24) is 5.32 Å². The minimum absolute atomic E-state index is 0.188. The van der Waals surface area contributed by atoms with Crippen molar-refractivity contribution in [2.24, 2.45) is 0 Å². The van der Waals surface area contributed by atoms with E-state index in [0.717, 1.165) is 103 Å². The Morgan fingerprint density at radius 2 is 0.805 bits per heavy atom. The van der Waals surface area contributed by atoms with E-state index in [1.54, 1.807) is 6.08 Å².